The maximum atomic E-state index is 12.7. The quantitative estimate of drug-likeness (QED) is 0.760. The third-order valence-electron chi connectivity index (χ3n) is 5.83. The predicted octanol–water partition coefficient (Wildman–Crippen LogP) is 3.65. The lowest BCUT2D eigenvalue weighted by Gasteiger charge is -2.27. The first-order valence-corrected chi connectivity index (χ1v) is 10.5. The maximum Gasteiger partial charge on any atom is 0.235 e. The van der Waals surface area contributed by atoms with E-state index < -0.39 is 5.54 Å². The molecule has 0 bridgehead atoms. The van der Waals surface area contributed by atoms with E-state index in [4.69, 9.17) is 0 Å². The average Bonchev–Trinajstić information content (AvgIpc) is 2.88. The molecule has 1 aromatic heterocycles. The molecule has 29 heavy (non-hydrogen) atoms. The molecule has 0 atom stereocenters. The van der Waals surface area contributed by atoms with Crippen LogP contribution in [-0.2, 0) is 11.3 Å². The van der Waals surface area contributed by atoms with E-state index in [0.29, 0.717) is 6.54 Å². The highest BCUT2D eigenvalue weighted by atomic mass is 16.2. The molecule has 0 radical (unpaired) electrons. The minimum absolute atomic E-state index is 0.0818. The fourth-order valence-electron chi connectivity index (χ4n) is 4.20. The van der Waals surface area contributed by atoms with Gasteiger partial charge in [-0.05, 0) is 45.9 Å². The molecule has 1 aliphatic carbocycles. The summed E-state index contributed by atoms with van der Waals surface area (Å²) in [5.74, 6) is -0.0818. The molecule has 154 valence electrons. The van der Waals surface area contributed by atoms with E-state index in [-0.39, 0.29) is 12.5 Å². The van der Waals surface area contributed by atoms with E-state index in [9.17, 15) is 10.1 Å². The largest absolute Gasteiger partial charge is 0.337 e. The van der Waals surface area contributed by atoms with Gasteiger partial charge in [-0.2, -0.15) is 10.4 Å². The molecule has 1 amide bonds. The molecule has 6 nitrogen and oxygen atoms in total. The summed E-state index contributed by atoms with van der Waals surface area (Å²) < 4.78 is 1.95. The van der Waals surface area contributed by atoms with Gasteiger partial charge in [0.25, 0.3) is 0 Å². The van der Waals surface area contributed by atoms with Crippen molar-refractivity contribution >= 4 is 5.91 Å². The second kappa shape index (κ2) is 9.23. The summed E-state index contributed by atoms with van der Waals surface area (Å²) in [6, 6.07) is 12.5. The molecule has 6 heteroatoms. The summed E-state index contributed by atoms with van der Waals surface area (Å²) >= 11 is 0. The first-order valence-electron chi connectivity index (χ1n) is 10.5. The summed E-state index contributed by atoms with van der Waals surface area (Å²) in [6.45, 7) is 4.97. The van der Waals surface area contributed by atoms with Crippen LogP contribution in [0.25, 0.3) is 5.69 Å². The molecule has 1 N–H and O–H groups in total. The number of hydrogen-bond donors (Lipinski definition) is 1. The number of amides is 1. The van der Waals surface area contributed by atoms with Gasteiger partial charge < -0.3 is 5.32 Å². The summed E-state index contributed by atoms with van der Waals surface area (Å²) in [6.07, 6.45) is 5.79. The molecule has 0 spiro atoms. The van der Waals surface area contributed by atoms with Crippen molar-refractivity contribution in [1.29, 1.82) is 5.26 Å². The lowest BCUT2D eigenvalue weighted by molar-refractivity contribution is -0.123. The van der Waals surface area contributed by atoms with Crippen LogP contribution in [0.15, 0.2) is 30.3 Å². The van der Waals surface area contributed by atoms with Crippen LogP contribution in [-0.4, -0.2) is 39.7 Å². The Morgan fingerprint density at radius 1 is 1.21 bits per heavy atom. The number of hydrogen-bond acceptors (Lipinski definition) is 4. The van der Waals surface area contributed by atoms with E-state index in [1.807, 2.05) is 53.9 Å². The molecule has 1 fully saturated rings. The van der Waals surface area contributed by atoms with E-state index in [1.54, 1.807) is 0 Å². The fraction of sp³-hybridized carbons (Fsp3) is 0.522. The van der Waals surface area contributed by atoms with Gasteiger partial charge in [0.2, 0.25) is 5.91 Å². The van der Waals surface area contributed by atoms with Crippen LogP contribution in [0.5, 0.6) is 0 Å². The van der Waals surface area contributed by atoms with Gasteiger partial charge >= 0.3 is 0 Å². The third kappa shape index (κ3) is 5.04. The van der Waals surface area contributed by atoms with Gasteiger partial charge in [0.15, 0.2) is 0 Å². The van der Waals surface area contributed by atoms with E-state index >= 15 is 0 Å². The number of rotatable bonds is 6. The van der Waals surface area contributed by atoms with Crippen molar-refractivity contribution in [3.05, 3.63) is 47.3 Å². The van der Waals surface area contributed by atoms with Crippen LogP contribution in [0, 0.1) is 25.2 Å². The van der Waals surface area contributed by atoms with Gasteiger partial charge in [-0.15, -0.1) is 0 Å². The molecule has 0 unspecified atom stereocenters. The number of aryl methyl sites for hydroxylation is 1. The maximum absolute atomic E-state index is 12.7. The molecule has 0 saturated heterocycles. The second-order valence-corrected chi connectivity index (χ2v) is 8.23. The number of carbonyl (C=O) groups is 1. The lowest BCUT2D eigenvalue weighted by atomic mass is 9.92. The van der Waals surface area contributed by atoms with Crippen molar-refractivity contribution in [3.8, 4) is 11.8 Å². The molecule has 1 heterocycles. The molecule has 1 aliphatic rings. The van der Waals surface area contributed by atoms with Gasteiger partial charge in [0, 0.05) is 17.8 Å². The SMILES string of the molecule is Cc1nn(-c2ccccc2)c(C)c1CN(C)CC(=O)NC1(C#N)CCCCCC1. The van der Waals surface area contributed by atoms with Gasteiger partial charge in [-0.25, -0.2) is 4.68 Å². The lowest BCUT2D eigenvalue weighted by Crippen LogP contribution is -2.50. The summed E-state index contributed by atoms with van der Waals surface area (Å²) in [5.41, 5.74) is 3.52. The number of nitriles is 1. The summed E-state index contributed by atoms with van der Waals surface area (Å²) in [4.78, 5) is 14.6. The zero-order chi connectivity index (χ0) is 20.9. The standard InChI is InChI=1S/C23H31N5O/c1-18-21(19(2)28(26-18)20-11-7-6-8-12-20)15-27(3)16-22(29)25-23(17-24)13-9-4-5-10-14-23/h6-8,11-12H,4-5,9-10,13-16H2,1-3H3,(H,25,29). The van der Waals surface area contributed by atoms with Crippen LogP contribution >= 0.6 is 0 Å². The van der Waals surface area contributed by atoms with Crippen LogP contribution < -0.4 is 5.32 Å². The Balaban J connectivity index is 1.65. The van der Waals surface area contributed by atoms with Gasteiger partial charge in [-0.3, -0.25) is 9.69 Å². The molecule has 2 aromatic rings. The highest BCUT2D eigenvalue weighted by Gasteiger charge is 2.32. The zero-order valence-electron chi connectivity index (χ0n) is 17.7. The van der Waals surface area contributed by atoms with Crippen molar-refractivity contribution in [2.75, 3.05) is 13.6 Å². The molecular formula is C23H31N5O. The highest BCUT2D eigenvalue weighted by molar-refractivity contribution is 5.79. The van der Waals surface area contributed by atoms with E-state index in [1.165, 1.54) is 0 Å². The predicted molar refractivity (Wildman–Crippen MR) is 114 cm³/mol. The Morgan fingerprint density at radius 3 is 2.48 bits per heavy atom. The number of likely N-dealkylation sites (N-methyl/N-ethyl adjacent to an activating group) is 1. The number of carbonyl (C=O) groups excluding carboxylic acids is 1. The van der Waals surface area contributed by atoms with Crippen LogP contribution in [0.2, 0.25) is 0 Å². The van der Waals surface area contributed by atoms with Crippen LogP contribution in [0.1, 0.15) is 55.5 Å². The minimum Gasteiger partial charge on any atom is -0.337 e. The molecule has 1 aromatic carbocycles. The number of para-hydroxylation sites is 1. The number of benzene rings is 1. The zero-order valence-corrected chi connectivity index (χ0v) is 17.7. The van der Waals surface area contributed by atoms with Crippen molar-refractivity contribution in [2.45, 2.75) is 64.5 Å². The Labute approximate surface area is 173 Å². The summed E-state index contributed by atoms with van der Waals surface area (Å²) in [7, 11) is 1.93. The Morgan fingerprint density at radius 2 is 1.86 bits per heavy atom. The minimum atomic E-state index is -0.696. The molecular weight excluding hydrogens is 362 g/mol. The first-order chi connectivity index (χ1) is 13.9. The number of nitrogens with zero attached hydrogens (tertiary/aromatic N) is 4. The summed E-state index contributed by atoms with van der Waals surface area (Å²) in [5, 5.41) is 17.4. The highest BCUT2D eigenvalue weighted by Crippen LogP contribution is 2.26. The van der Waals surface area contributed by atoms with Gasteiger partial charge in [-0.1, -0.05) is 43.9 Å². The van der Waals surface area contributed by atoms with E-state index in [0.717, 1.165) is 61.2 Å². The monoisotopic (exact) mass is 393 g/mol. The Kier molecular flexibility index (Phi) is 6.71. The fourth-order valence-corrected chi connectivity index (χ4v) is 4.20. The van der Waals surface area contributed by atoms with Crippen molar-refractivity contribution in [1.82, 2.24) is 20.0 Å². The smallest absolute Gasteiger partial charge is 0.235 e. The van der Waals surface area contributed by atoms with Crippen molar-refractivity contribution < 1.29 is 4.79 Å². The molecule has 0 aliphatic heterocycles. The normalized spacial score (nSPS) is 16.2. The third-order valence-corrected chi connectivity index (χ3v) is 5.83. The Hall–Kier alpha value is -2.65. The van der Waals surface area contributed by atoms with Gasteiger partial charge in [0.1, 0.15) is 5.54 Å². The van der Waals surface area contributed by atoms with Crippen molar-refractivity contribution in [2.24, 2.45) is 0 Å². The van der Waals surface area contributed by atoms with Gasteiger partial charge in [0.05, 0.1) is 24.0 Å². The molecule has 3 rings (SSSR count). The second-order valence-electron chi connectivity index (χ2n) is 8.23. The van der Waals surface area contributed by atoms with Crippen LogP contribution in [0.3, 0.4) is 0 Å². The Bertz CT molecular complexity index is 873. The van der Waals surface area contributed by atoms with E-state index in [2.05, 4.69) is 23.4 Å². The topological polar surface area (TPSA) is 74.0 Å². The molecule has 1 saturated carbocycles. The van der Waals surface area contributed by atoms with Crippen LogP contribution in [0.4, 0.5) is 0 Å². The number of nitrogens with one attached hydrogen (secondary N) is 1. The number of aromatic nitrogens is 2. The first kappa shape index (κ1) is 21.1. The van der Waals surface area contributed by atoms with Crippen molar-refractivity contribution in [3.63, 3.8) is 0 Å². The average molecular weight is 394 g/mol.